The fourth-order valence-electron chi connectivity index (χ4n) is 1.40. The molecule has 1 amide bonds. The van der Waals surface area contributed by atoms with Crippen LogP contribution in [0.15, 0.2) is 0 Å². The van der Waals surface area contributed by atoms with Crippen LogP contribution >= 0.6 is 0 Å². The van der Waals surface area contributed by atoms with Crippen LogP contribution in [0.25, 0.3) is 0 Å². The van der Waals surface area contributed by atoms with Gasteiger partial charge in [-0.3, -0.25) is 9.63 Å². The number of nitrogens with one attached hydrogen (secondary N) is 1. The molecule has 17 heavy (non-hydrogen) atoms. The van der Waals surface area contributed by atoms with Gasteiger partial charge in [0, 0.05) is 0 Å². The molecule has 0 aromatic carbocycles. The molecule has 6 nitrogen and oxygen atoms in total. The van der Waals surface area contributed by atoms with Gasteiger partial charge in [0.1, 0.15) is 5.60 Å². The number of hydroxylamine groups is 1. The van der Waals surface area contributed by atoms with Crippen molar-refractivity contribution in [2.45, 2.75) is 39.2 Å². The Morgan fingerprint density at radius 3 is 2.41 bits per heavy atom. The van der Waals surface area contributed by atoms with Gasteiger partial charge < -0.3 is 9.84 Å². The first-order valence-electron chi connectivity index (χ1n) is 5.63. The normalized spacial score (nSPS) is 17.4. The number of hydrogen-bond acceptors (Lipinski definition) is 4. The molecule has 0 aliphatic heterocycles. The first-order valence-corrected chi connectivity index (χ1v) is 5.63. The highest BCUT2D eigenvalue weighted by Crippen LogP contribution is 2.36. The maximum absolute atomic E-state index is 11.2. The molecule has 1 aliphatic carbocycles. The van der Waals surface area contributed by atoms with Crippen molar-refractivity contribution in [2.75, 3.05) is 6.61 Å². The predicted octanol–water partition coefficient (Wildman–Crippen LogP) is 1.55. The Hall–Kier alpha value is -1.30. The average Bonchev–Trinajstić information content (AvgIpc) is 2.91. The number of carbonyl (C=O) groups is 2. The summed E-state index contributed by atoms with van der Waals surface area (Å²) in [6, 6.07) is 0. The Morgan fingerprint density at radius 1 is 1.41 bits per heavy atom. The number of hydrogen-bond donors (Lipinski definition) is 2. The molecule has 1 atom stereocenters. The Labute approximate surface area is 100 Å². The average molecular weight is 245 g/mol. The van der Waals surface area contributed by atoms with E-state index in [4.69, 9.17) is 14.7 Å². The van der Waals surface area contributed by atoms with Crippen LogP contribution in [0.3, 0.4) is 0 Å². The van der Waals surface area contributed by atoms with Gasteiger partial charge in [-0.1, -0.05) is 0 Å². The number of carboxylic acids is 1. The number of aliphatic carboxylic acids is 1. The summed E-state index contributed by atoms with van der Waals surface area (Å²) in [5.74, 6) is -1.27. The van der Waals surface area contributed by atoms with Crippen molar-refractivity contribution in [1.29, 1.82) is 0 Å². The highest BCUT2D eigenvalue weighted by Gasteiger charge is 2.36. The monoisotopic (exact) mass is 245 g/mol. The molecule has 98 valence electrons. The molecule has 0 spiro atoms. The summed E-state index contributed by atoms with van der Waals surface area (Å²) in [4.78, 5) is 26.9. The Morgan fingerprint density at radius 2 is 2.00 bits per heavy atom. The fraction of sp³-hybridized carbons (Fsp3) is 0.818. The summed E-state index contributed by atoms with van der Waals surface area (Å²) < 4.78 is 4.93. The molecule has 0 heterocycles. The molecule has 0 saturated heterocycles. The van der Waals surface area contributed by atoms with E-state index in [1.807, 2.05) is 0 Å². The minimum atomic E-state index is -0.890. The molecule has 6 heteroatoms. The standard InChI is InChI=1S/C11H19NO5/c1-11(2,3)17-10(15)12-16-6-8(9(13)14)7-4-5-7/h7-8H,4-6H2,1-3H3,(H,12,15)(H,13,14). The molecule has 1 fully saturated rings. The van der Waals surface area contributed by atoms with Crippen molar-refractivity contribution in [2.24, 2.45) is 11.8 Å². The maximum atomic E-state index is 11.2. The highest BCUT2D eigenvalue weighted by molar-refractivity contribution is 5.71. The SMILES string of the molecule is CC(C)(C)OC(=O)NOCC(C(=O)O)C1CC1. The van der Waals surface area contributed by atoms with Crippen LogP contribution in [-0.2, 0) is 14.4 Å². The third-order valence-electron chi connectivity index (χ3n) is 2.33. The number of carboxylic acid groups (broad SMARTS) is 1. The first kappa shape index (κ1) is 13.8. The van der Waals surface area contributed by atoms with Gasteiger partial charge in [0.2, 0.25) is 0 Å². The summed E-state index contributed by atoms with van der Waals surface area (Å²) in [7, 11) is 0. The van der Waals surface area contributed by atoms with E-state index in [1.165, 1.54) is 0 Å². The largest absolute Gasteiger partial charge is 0.481 e. The molecule has 0 bridgehead atoms. The zero-order valence-corrected chi connectivity index (χ0v) is 10.4. The molecular formula is C11H19NO5. The summed E-state index contributed by atoms with van der Waals surface area (Å²) in [5.41, 5.74) is 1.48. The Balaban J connectivity index is 2.22. The van der Waals surface area contributed by atoms with Gasteiger partial charge in [-0.25, -0.2) is 4.79 Å². The van der Waals surface area contributed by atoms with Crippen LogP contribution in [0.4, 0.5) is 4.79 Å². The molecule has 1 unspecified atom stereocenters. The van der Waals surface area contributed by atoms with Gasteiger partial charge in [0.05, 0.1) is 12.5 Å². The lowest BCUT2D eigenvalue weighted by Crippen LogP contribution is -2.34. The topological polar surface area (TPSA) is 84.9 Å². The van der Waals surface area contributed by atoms with Gasteiger partial charge in [-0.05, 0) is 39.5 Å². The van der Waals surface area contributed by atoms with Gasteiger partial charge >= 0.3 is 12.1 Å². The second-order valence-corrected chi connectivity index (χ2v) is 5.20. The van der Waals surface area contributed by atoms with Gasteiger partial charge in [-0.15, -0.1) is 0 Å². The summed E-state index contributed by atoms with van der Waals surface area (Å²) in [5, 5.41) is 8.91. The lowest BCUT2D eigenvalue weighted by molar-refractivity contribution is -0.146. The maximum Gasteiger partial charge on any atom is 0.431 e. The van der Waals surface area contributed by atoms with E-state index in [1.54, 1.807) is 20.8 Å². The molecule has 1 saturated carbocycles. The molecule has 0 aromatic heterocycles. The van der Waals surface area contributed by atoms with Crippen molar-refractivity contribution >= 4 is 12.1 Å². The number of ether oxygens (including phenoxy) is 1. The Kier molecular flexibility index (Phi) is 4.34. The van der Waals surface area contributed by atoms with Crippen LogP contribution in [0.2, 0.25) is 0 Å². The van der Waals surface area contributed by atoms with Crippen LogP contribution in [-0.4, -0.2) is 29.4 Å². The van der Waals surface area contributed by atoms with Crippen LogP contribution in [0, 0.1) is 11.8 Å². The minimum Gasteiger partial charge on any atom is -0.481 e. The lowest BCUT2D eigenvalue weighted by atomic mass is 10.1. The second-order valence-electron chi connectivity index (χ2n) is 5.20. The summed E-state index contributed by atoms with van der Waals surface area (Å²) in [6.07, 6.45) is 1.11. The van der Waals surface area contributed by atoms with Gasteiger partial charge in [-0.2, -0.15) is 5.48 Å². The smallest absolute Gasteiger partial charge is 0.431 e. The number of carbonyl (C=O) groups excluding carboxylic acids is 1. The van der Waals surface area contributed by atoms with E-state index < -0.39 is 23.6 Å². The fourth-order valence-corrected chi connectivity index (χ4v) is 1.40. The van der Waals surface area contributed by atoms with E-state index in [0.717, 1.165) is 12.8 Å². The van der Waals surface area contributed by atoms with E-state index in [-0.39, 0.29) is 12.5 Å². The third kappa shape index (κ3) is 5.53. The van der Waals surface area contributed by atoms with Gasteiger partial charge in [0.15, 0.2) is 0 Å². The summed E-state index contributed by atoms with van der Waals surface area (Å²) >= 11 is 0. The molecule has 1 aliphatic rings. The molecule has 1 rings (SSSR count). The van der Waals surface area contributed by atoms with Crippen molar-refractivity contribution in [3.05, 3.63) is 0 Å². The van der Waals surface area contributed by atoms with E-state index in [9.17, 15) is 9.59 Å². The number of amides is 1. The number of rotatable bonds is 5. The first-order chi connectivity index (χ1) is 7.79. The van der Waals surface area contributed by atoms with E-state index >= 15 is 0 Å². The Bertz CT molecular complexity index is 293. The molecule has 0 radical (unpaired) electrons. The molecular weight excluding hydrogens is 226 g/mol. The lowest BCUT2D eigenvalue weighted by Gasteiger charge is -2.20. The van der Waals surface area contributed by atoms with Crippen LogP contribution < -0.4 is 5.48 Å². The van der Waals surface area contributed by atoms with Gasteiger partial charge in [0.25, 0.3) is 0 Å². The highest BCUT2D eigenvalue weighted by atomic mass is 16.7. The van der Waals surface area contributed by atoms with Crippen molar-refractivity contribution in [1.82, 2.24) is 5.48 Å². The van der Waals surface area contributed by atoms with Crippen molar-refractivity contribution in [3.8, 4) is 0 Å². The van der Waals surface area contributed by atoms with E-state index in [2.05, 4.69) is 5.48 Å². The summed E-state index contributed by atoms with van der Waals surface area (Å²) in [6.45, 7) is 5.17. The van der Waals surface area contributed by atoms with Crippen molar-refractivity contribution < 1.29 is 24.3 Å². The van der Waals surface area contributed by atoms with E-state index in [0.29, 0.717) is 0 Å². The van der Waals surface area contributed by atoms with Crippen LogP contribution in [0.5, 0.6) is 0 Å². The second kappa shape index (κ2) is 5.35. The zero-order valence-electron chi connectivity index (χ0n) is 10.4. The quantitative estimate of drug-likeness (QED) is 0.718. The minimum absolute atomic E-state index is 0.0285. The predicted molar refractivity (Wildman–Crippen MR) is 59.2 cm³/mol. The van der Waals surface area contributed by atoms with Crippen LogP contribution in [0.1, 0.15) is 33.6 Å². The van der Waals surface area contributed by atoms with Crippen molar-refractivity contribution in [3.63, 3.8) is 0 Å². The molecule has 2 N–H and O–H groups in total. The molecule has 0 aromatic rings. The zero-order chi connectivity index (χ0) is 13.1. The third-order valence-corrected chi connectivity index (χ3v) is 2.33.